The summed E-state index contributed by atoms with van der Waals surface area (Å²) in [5.74, 6) is 0.880. The van der Waals surface area contributed by atoms with Gasteiger partial charge in [0, 0.05) is 37.2 Å². The Morgan fingerprint density at radius 1 is 1.46 bits per heavy atom. The van der Waals surface area contributed by atoms with Crippen molar-refractivity contribution in [2.24, 2.45) is 7.05 Å². The Hall–Kier alpha value is -1.24. The Morgan fingerprint density at radius 2 is 2.25 bits per heavy atom. The van der Waals surface area contributed by atoms with Crippen molar-refractivity contribution < 1.29 is 0 Å². The Kier molecular flexibility index (Phi) is 5.37. The van der Waals surface area contributed by atoms with Gasteiger partial charge in [-0.05, 0) is 31.5 Å². The zero-order valence-electron chi connectivity index (χ0n) is 14.6. The first-order chi connectivity index (χ1) is 11.5. The van der Waals surface area contributed by atoms with Gasteiger partial charge >= 0.3 is 0 Å². The van der Waals surface area contributed by atoms with Gasteiger partial charge in [-0.25, -0.2) is 4.98 Å². The van der Waals surface area contributed by atoms with E-state index >= 15 is 0 Å². The summed E-state index contributed by atoms with van der Waals surface area (Å²) in [5, 5.41) is 4.15. The molecule has 0 bridgehead atoms. The van der Waals surface area contributed by atoms with E-state index in [9.17, 15) is 4.79 Å². The van der Waals surface area contributed by atoms with Gasteiger partial charge in [0.25, 0.3) is 5.56 Å². The maximum atomic E-state index is 12.8. The van der Waals surface area contributed by atoms with Crippen molar-refractivity contribution in [3.05, 3.63) is 38.9 Å². The third kappa shape index (κ3) is 3.41. The third-order valence-electron chi connectivity index (χ3n) is 4.77. The lowest BCUT2D eigenvalue weighted by Crippen LogP contribution is -2.51. The maximum absolute atomic E-state index is 12.8. The third-order valence-corrected chi connectivity index (χ3v) is 5.27. The van der Waals surface area contributed by atoms with E-state index < -0.39 is 0 Å². The molecule has 5 nitrogen and oxygen atoms in total. The van der Waals surface area contributed by atoms with Gasteiger partial charge in [-0.2, -0.15) is 0 Å². The molecule has 24 heavy (non-hydrogen) atoms. The van der Waals surface area contributed by atoms with Crippen LogP contribution in [0.15, 0.2) is 27.5 Å². The van der Waals surface area contributed by atoms with Gasteiger partial charge in [0.15, 0.2) is 0 Å². The van der Waals surface area contributed by atoms with E-state index in [0.717, 1.165) is 48.3 Å². The number of piperazine rings is 1. The average Bonchev–Trinajstić information content (AvgIpc) is 2.57. The SMILES string of the molecule is CCC[C@H](c1nc2ccc(Br)cc2c(=O)n1C)N1CCN[C@@H](C)C1. The molecule has 0 saturated carbocycles. The molecule has 1 aliphatic rings. The number of fused-ring (bicyclic) bond motifs is 1. The van der Waals surface area contributed by atoms with Gasteiger partial charge in [-0.3, -0.25) is 14.3 Å². The highest BCUT2D eigenvalue weighted by Crippen LogP contribution is 2.26. The smallest absolute Gasteiger partial charge is 0.261 e. The van der Waals surface area contributed by atoms with Gasteiger partial charge in [-0.15, -0.1) is 0 Å². The minimum Gasteiger partial charge on any atom is -0.312 e. The molecule has 130 valence electrons. The highest BCUT2D eigenvalue weighted by Gasteiger charge is 2.27. The maximum Gasteiger partial charge on any atom is 0.261 e. The first-order valence-electron chi connectivity index (χ1n) is 8.65. The van der Waals surface area contributed by atoms with E-state index in [1.165, 1.54) is 0 Å². The fourth-order valence-electron chi connectivity index (χ4n) is 3.55. The summed E-state index contributed by atoms with van der Waals surface area (Å²) < 4.78 is 2.64. The van der Waals surface area contributed by atoms with Gasteiger partial charge in [-0.1, -0.05) is 29.3 Å². The highest BCUT2D eigenvalue weighted by atomic mass is 79.9. The largest absolute Gasteiger partial charge is 0.312 e. The van der Waals surface area contributed by atoms with Crippen LogP contribution in [0.5, 0.6) is 0 Å². The lowest BCUT2D eigenvalue weighted by atomic mass is 10.1. The van der Waals surface area contributed by atoms with Crippen LogP contribution in [0.25, 0.3) is 10.9 Å². The zero-order valence-corrected chi connectivity index (χ0v) is 16.1. The Morgan fingerprint density at radius 3 is 2.96 bits per heavy atom. The fourth-order valence-corrected chi connectivity index (χ4v) is 3.91. The van der Waals surface area contributed by atoms with Gasteiger partial charge < -0.3 is 5.32 Å². The molecule has 1 aliphatic heterocycles. The molecule has 3 rings (SSSR count). The first-order valence-corrected chi connectivity index (χ1v) is 9.44. The van der Waals surface area contributed by atoms with Crippen molar-refractivity contribution in [1.29, 1.82) is 0 Å². The van der Waals surface area contributed by atoms with E-state index in [-0.39, 0.29) is 11.6 Å². The van der Waals surface area contributed by atoms with Gasteiger partial charge in [0.2, 0.25) is 0 Å². The summed E-state index contributed by atoms with van der Waals surface area (Å²) in [4.78, 5) is 20.2. The molecule has 6 heteroatoms. The summed E-state index contributed by atoms with van der Waals surface area (Å²) in [7, 11) is 1.85. The van der Waals surface area contributed by atoms with E-state index in [0.29, 0.717) is 11.4 Å². The molecule has 0 amide bonds. The minimum absolute atomic E-state index is 0.0283. The van der Waals surface area contributed by atoms with Crippen molar-refractivity contribution in [3.63, 3.8) is 0 Å². The number of benzene rings is 1. The van der Waals surface area contributed by atoms with Crippen molar-refractivity contribution in [3.8, 4) is 0 Å². The van der Waals surface area contributed by atoms with Crippen LogP contribution in [0.4, 0.5) is 0 Å². The predicted molar refractivity (Wildman–Crippen MR) is 101 cm³/mol. The molecule has 1 aromatic carbocycles. The second-order valence-corrected chi connectivity index (χ2v) is 7.57. The molecule has 0 spiro atoms. The number of halogens is 1. The molecule has 2 atom stereocenters. The van der Waals surface area contributed by atoms with Crippen LogP contribution in [0, 0.1) is 0 Å². The van der Waals surface area contributed by atoms with E-state index in [4.69, 9.17) is 4.98 Å². The summed E-state index contributed by atoms with van der Waals surface area (Å²) >= 11 is 3.44. The normalized spacial score (nSPS) is 20.4. The summed E-state index contributed by atoms with van der Waals surface area (Å²) in [5.41, 5.74) is 0.807. The van der Waals surface area contributed by atoms with Crippen LogP contribution in [0.2, 0.25) is 0 Å². The molecule has 1 aromatic heterocycles. The van der Waals surface area contributed by atoms with Crippen LogP contribution in [0.1, 0.15) is 38.6 Å². The molecule has 1 saturated heterocycles. The number of hydrogen-bond donors (Lipinski definition) is 1. The molecule has 0 radical (unpaired) electrons. The molecule has 1 N–H and O–H groups in total. The molecular weight excluding hydrogens is 368 g/mol. The van der Waals surface area contributed by atoms with Crippen molar-refractivity contribution in [2.45, 2.75) is 38.8 Å². The lowest BCUT2D eigenvalue weighted by molar-refractivity contribution is 0.132. The molecule has 0 unspecified atom stereocenters. The van der Waals surface area contributed by atoms with Crippen molar-refractivity contribution in [1.82, 2.24) is 19.8 Å². The molecule has 2 aromatic rings. The topological polar surface area (TPSA) is 50.2 Å². The van der Waals surface area contributed by atoms with Crippen LogP contribution in [0.3, 0.4) is 0 Å². The number of nitrogens with one attached hydrogen (secondary N) is 1. The predicted octanol–water partition coefficient (Wildman–Crippen LogP) is 2.83. The van der Waals surface area contributed by atoms with E-state index in [1.807, 2.05) is 25.2 Å². The monoisotopic (exact) mass is 392 g/mol. The minimum atomic E-state index is 0.0283. The molecule has 0 aliphatic carbocycles. The van der Waals surface area contributed by atoms with Crippen LogP contribution >= 0.6 is 15.9 Å². The molecule has 1 fully saturated rings. The first kappa shape index (κ1) is 17.6. The highest BCUT2D eigenvalue weighted by molar-refractivity contribution is 9.10. The number of rotatable bonds is 4. The van der Waals surface area contributed by atoms with Gasteiger partial charge in [0.1, 0.15) is 5.82 Å². The second kappa shape index (κ2) is 7.33. The summed E-state index contributed by atoms with van der Waals surface area (Å²) in [6, 6.07) is 6.38. The zero-order chi connectivity index (χ0) is 17.3. The number of nitrogens with zero attached hydrogens (tertiary/aromatic N) is 3. The molecular formula is C18H25BrN4O. The van der Waals surface area contributed by atoms with Gasteiger partial charge in [0.05, 0.1) is 16.9 Å². The molecule has 2 heterocycles. The van der Waals surface area contributed by atoms with E-state index in [2.05, 4.69) is 40.0 Å². The Balaban J connectivity index is 2.08. The fraction of sp³-hybridized carbons (Fsp3) is 0.556. The quantitative estimate of drug-likeness (QED) is 0.868. The summed E-state index contributed by atoms with van der Waals surface area (Å²) in [6.07, 6.45) is 2.08. The summed E-state index contributed by atoms with van der Waals surface area (Å²) in [6.45, 7) is 7.35. The Labute approximate surface area is 151 Å². The van der Waals surface area contributed by atoms with Crippen molar-refractivity contribution in [2.75, 3.05) is 19.6 Å². The lowest BCUT2D eigenvalue weighted by Gasteiger charge is -2.38. The van der Waals surface area contributed by atoms with Crippen molar-refractivity contribution >= 4 is 26.8 Å². The number of hydrogen-bond acceptors (Lipinski definition) is 4. The average molecular weight is 393 g/mol. The second-order valence-electron chi connectivity index (χ2n) is 6.65. The standard InChI is InChI=1S/C18H25BrN4O/c1-4-5-16(23-9-8-20-12(2)11-23)17-21-15-7-6-13(19)10-14(15)18(24)22(17)3/h6-7,10,12,16,20H,4-5,8-9,11H2,1-3H3/t12-,16+/m0/s1. The Bertz CT molecular complexity index is 788. The van der Waals surface area contributed by atoms with Crippen LogP contribution in [-0.2, 0) is 7.05 Å². The van der Waals surface area contributed by atoms with E-state index in [1.54, 1.807) is 4.57 Å². The van der Waals surface area contributed by atoms with Crippen LogP contribution in [-0.4, -0.2) is 40.1 Å². The van der Waals surface area contributed by atoms with Crippen LogP contribution < -0.4 is 10.9 Å². The number of aromatic nitrogens is 2.